The minimum Gasteiger partial charge on any atom is -0.396 e. The summed E-state index contributed by atoms with van der Waals surface area (Å²) in [5, 5.41) is 12.4. The molecule has 0 aromatic heterocycles. The van der Waals surface area contributed by atoms with E-state index in [1.807, 2.05) is 0 Å². The van der Waals surface area contributed by atoms with Gasteiger partial charge in [0.15, 0.2) is 0 Å². The molecule has 1 fully saturated rings. The highest BCUT2D eigenvalue weighted by molar-refractivity contribution is 4.80. The van der Waals surface area contributed by atoms with Gasteiger partial charge in [0.2, 0.25) is 0 Å². The van der Waals surface area contributed by atoms with E-state index < -0.39 is 0 Å². The van der Waals surface area contributed by atoms with Crippen LogP contribution >= 0.6 is 0 Å². The fourth-order valence-corrected chi connectivity index (χ4v) is 2.27. The molecule has 0 aromatic carbocycles. The Morgan fingerprint density at radius 2 is 1.93 bits per heavy atom. The van der Waals surface area contributed by atoms with Gasteiger partial charge in [-0.15, -0.1) is 0 Å². The predicted molar refractivity (Wildman–Crippen MR) is 60.3 cm³/mol. The van der Waals surface area contributed by atoms with Crippen LogP contribution in [0, 0.1) is 11.3 Å². The molecule has 2 nitrogen and oxygen atoms in total. The highest BCUT2D eigenvalue weighted by atomic mass is 16.3. The largest absolute Gasteiger partial charge is 0.396 e. The molecule has 1 aliphatic rings. The summed E-state index contributed by atoms with van der Waals surface area (Å²) < 4.78 is 0. The highest BCUT2D eigenvalue weighted by Crippen LogP contribution is 2.34. The summed E-state index contributed by atoms with van der Waals surface area (Å²) in [6, 6.07) is 0. The van der Waals surface area contributed by atoms with Crippen molar-refractivity contribution >= 4 is 0 Å². The number of hydrogen-bond acceptors (Lipinski definition) is 2. The molecule has 0 spiro atoms. The third-order valence-corrected chi connectivity index (χ3v) is 3.42. The van der Waals surface area contributed by atoms with Crippen molar-refractivity contribution in [2.24, 2.45) is 11.3 Å². The lowest BCUT2D eigenvalue weighted by atomic mass is 9.76. The van der Waals surface area contributed by atoms with Gasteiger partial charge in [-0.05, 0) is 30.7 Å². The zero-order valence-electron chi connectivity index (χ0n) is 9.68. The topological polar surface area (TPSA) is 32.3 Å². The highest BCUT2D eigenvalue weighted by Gasteiger charge is 2.25. The summed E-state index contributed by atoms with van der Waals surface area (Å²) in [5.41, 5.74) is 0.521. The van der Waals surface area contributed by atoms with Gasteiger partial charge in [-0.3, -0.25) is 0 Å². The van der Waals surface area contributed by atoms with Gasteiger partial charge in [0.05, 0.1) is 0 Å². The Labute approximate surface area is 88.1 Å². The molecular weight excluding hydrogens is 174 g/mol. The molecule has 0 radical (unpaired) electrons. The molecule has 1 atom stereocenters. The number of hydrogen-bond donors (Lipinski definition) is 2. The van der Waals surface area contributed by atoms with Gasteiger partial charge in [0.1, 0.15) is 0 Å². The summed E-state index contributed by atoms with van der Waals surface area (Å²) in [6.07, 6.45) is 6.95. The first kappa shape index (κ1) is 12.0. The van der Waals surface area contributed by atoms with E-state index in [-0.39, 0.29) is 0 Å². The SMILES string of the molecule is CC(CO)CNCC1(C)CCCCC1. The molecule has 0 amide bonds. The van der Waals surface area contributed by atoms with Crippen molar-refractivity contribution in [3.05, 3.63) is 0 Å². The maximum absolute atomic E-state index is 8.90. The van der Waals surface area contributed by atoms with Crippen molar-refractivity contribution in [2.75, 3.05) is 19.7 Å². The Morgan fingerprint density at radius 1 is 1.29 bits per heavy atom. The molecule has 2 heteroatoms. The third kappa shape index (κ3) is 3.97. The van der Waals surface area contributed by atoms with E-state index in [4.69, 9.17) is 5.11 Å². The average molecular weight is 199 g/mol. The Morgan fingerprint density at radius 3 is 2.50 bits per heavy atom. The van der Waals surface area contributed by atoms with E-state index in [2.05, 4.69) is 19.2 Å². The lowest BCUT2D eigenvalue weighted by Crippen LogP contribution is -2.36. The molecule has 0 aliphatic heterocycles. The lowest BCUT2D eigenvalue weighted by Gasteiger charge is -2.34. The van der Waals surface area contributed by atoms with Gasteiger partial charge in [-0.1, -0.05) is 33.1 Å². The summed E-state index contributed by atoms with van der Waals surface area (Å²) in [4.78, 5) is 0. The van der Waals surface area contributed by atoms with Crippen LogP contribution in [0.25, 0.3) is 0 Å². The zero-order chi connectivity index (χ0) is 10.4. The number of aliphatic hydroxyl groups is 1. The lowest BCUT2D eigenvalue weighted by molar-refractivity contribution is 0.192. The quantitative estimate of drug-likeness (QED) is 0.711. The van der Waals surface area contributed by atoms with E-state index in [9.17, 15) is 0 Å². The normalized spacial score (nSPS) is 23.4. The van der Waals surface area contributed by atoms with E-state index in [0.29, 0.717) is 17.9 Å². The molecule has 84 valence electrons. The maximum atomic E-state index is 8.90. The fraction of sp³-hybridized carbons (Fsp3) is 1.00. The summed E-state index contributed by atoms with van der Waals surface area (Å²) in [7, 11) is 0. The van der Waals surface area contributed by atoms with Crippen molar-refractivity contribution in [3.8, 4) is 0 Å². The van der Waals surface area contributed by atoms with E-state index in [1.54, 1.807) is 0 Å². The molecule has 1 rings (SSSR count). The number of nitrogens with one attached hydrogen (secondary N) is 1. The molecule has 1 unspecified atom stereocenters. The van der Waals surface area contributed by atoms with Crippen LogP contribution in [0.5, 0.6) is 0 Å². The minimum absolute atomic E-state index is 0.295. The van der Waals surface area contributed by atoms with Crippen LogP contribution in [-0.4, -0.2) is 24.8 Å². The Kier molecular flexibility index (Phi) is 4.90. The van der Waals surface area contributed by atoms with Gasteiger partial charge >= 0.3 is 0 Å². The van der Waals surface area contributed by atoms with Crippen LogP contribution in [0.3, 0.4) is 0 Å². The van der Waals surface area contributed by atoms with Crippen LogP contribution < -0.4 is 5.32 Å². The molecule has 0 saturated heterocycles. The van der Waals surface area contributed by atoms with Crippen LogP contribution in [0.15, 0.2) is 0 Å². The summed E-state index contributed by atoms with van der Waals surface area (Å²) in [6.45, 7) is 6.84. The van der Waals surface area contributed by atoms with Crippen molar-refractivity contribution in [3.63, 3.8) is 0 Å². The van der Waals surface area contributed by atoms with Crippen LogP contribution in [0.1, 0.15) is 46.0 Å². The number of aliphatic hydroxyl groups excluding tert-OH is 1. The molecular formula is C12H25NO. The van der Waals surface area contributed by atoms with Crippen molar-refractivity contribution in [1.82, 2.24) is 5.32 Å². The smallest absolute Gasteiger partial charge is 0.0468 e. The maximum Gasteiger partial charge on any atom is 0.0468 e. The molecule has 1 saturated carbocycles. The van der Waals surface area contributed by atoms with Gasteiger partial charge in [-0.2, -0.15) is 0 Å². The fourth-order valence-electron chi connectivity index (χ4n) is 2.27. The van der Waals surface area contributed by atoms with Gasteiger partial charge in [0, 0.05) is 13.2 Å². The van der Waals surface area contributed by atoms with Crippen LogP contribution in [0.2, 0.25) is 0 Å². The van der Waals surface area contributed by atoms with Gasteiger partial charge < -0.3 is 10.4 Å². The van der Waals surface area contributed by atoms with Crippen molar-refractivity contribution in [2.45, 2.75) is 46.0 Å². The zero-order valence-corrected chi connectivity index (χ0v) is 9.68. The first-order valence-corrected chi connectivity index (χ1v) is 5.98. The van der Waals surface area contributed by atoms with E-state index >= 15 is 0 Å². The Bertz CT molecular complexity index is 152. The predicted octanol–water partition coefficient (Wildman–Crippen LogP) is 2.17. The molecule has 0 bridgehead atoms. The molecule has 14 heavy (non-hydrogen) atoms. The second-order valence-corrected chi connectivity index (χ2v) is 5.29. The summed E-state index contributed by atoms with van der Waals surface area (Å²) in [5.74, 6) is 0.391. The first-order chi connectivity index (χ1) is 6.66. The van der Waals surface area contributed by atoms with E-state index in [1.165, 1.54) is 32.1 Å². The molecule has 2 N–H and O–H groups in total. The van der Waals surface area contributed by atoms with E-state index in [0.717, 1.165) is 13.1 Å². The van der Waals surface area contributed by atoms with Gasteiger partial charge in [0.25, 0.3) is 0 Å². The van der Waals surface area contributed by atoms with Crippen LogP contribution in [0.4, 0.5) is 0 Å². The third-order valence-electron chi connectivity index (χ3n) is 3.42. The summed E-state index contributed by atoms with van der Waals surface area (Å²) >= 11 is 0. The van der Waals surface area contributed by atoms with Gasteiger partial charge in [-0.25, -0.2) is 0 Å². The van der Waals surface area contributed by atoms with Crippen LogP contribution in [-0.2, 0) is 0 Å². The second kappa shape index (κ2) is 5.72. The monoisotopic (exact) mass is 199 g/mol. The van der Waals surface area contributed by atoms with Crippen molar-refractivity contribution in [1.29, 1.82) is 0 Å². The first-order valence-electron chi connectivity index (χ1n) is 5.98. The molecule has 0 heterocycles. The average Bonchev–Trinajstić information content (AvgIpc) is 2.18. The second-order valence-electron chi connectivity index (χ2n) is 5.29. The molecule has 1 aliphatic carbocycles. The standard InChI is InChI=1S/C12H25NO/c1-11(9-14)8-13-10-12(2)6-4-3-5-7-12/h11,13-14H,3-10H2,1-2H3. The Balaban J connectivity index is 2.15. The molecule has 0 aromatic rings. The minimum atomic E-state index is 0.295. The van der Waals surface area contributed by atoms with Crippen molar-refractivity contribution < 1.29 is 5.11 Å². The Hall–Kier alpha value is -0.0800. The number of rotatable bonds is 5.